The van der Waals surface area contributed by atoms with Crippen LogP contribution < -0.4 is 0 Å². The Hall–Kier alpha value is -2.74. The molecule has 0 N–H and O–H groups in total. The van der Waals surface area contributed by atoms with Gasteiger partial charge in [-0.2, -0.15) is 0 Å². The number of fused-ring (bicyclic) bond motifs is 3. The Balaban J connectivity index is 2.06. The molecule has 8 nitrogen and oxygen atoms in total. The van der Waals surface area contributed by atoms with E-state index in [4.69, 9.17) is 18.9 Å². The lowest BCUT2D eigenvalue weighted by atomic mass is 9.85. The summed E-state index contributed by atoms with van der Waals surface area (Å²) in [6.45, 7) is 9.91. The number of hydrogen-bond acceptors (Lipinski definition) is 8. The van der Waals surface area contributed by atoms with Gasteiger partial charge in [0.2, 0.25) is 0 Å². The fourth-order valence-corrected chi connectivity index (χ4v) is 3.73. The molecule has 3 aliphatic rings. The zero-order valence-corrected chi connectivity index (χ0v) is 17.6. The highest BCUT2D eigenvalue weighted by Gasteiger charge is 2.62. The van der Waals surface area contributed by atoms with Gasteiger partial charge in [0.15, 0.2) is 11.9 Å². The first-order valence-corrected chi connectivity index (χ1v) is 9.87. The quantitative estimate of drug-likeness (QED) is 0.296. The number of allylic oxidation sites excluding steroid dienone is 1. The Kier molecular flexibility index (Phi) is 5.99. The van der Waals surface area contributed by atoms with Gasteiger partial charge >= 0.3 is 17.9 Å². The van der Waals surface area contributed by atoms with Crippen LogP contribution in [0.25, 0.3) is 0 Å². The molecule has 0 amide bonds. The van der Waals surface area contributed by atoms with Crippen molar-refractivity contribution in [3.8, 4) is 0 Å². The van der Waals surface area contributed by atoms with Gasteiger partial charge in [0.25, 0.3) is 0 Å². The number of esters is 3. The van der Waals surface area contributed by atoms with Gasteiger partial charge < -0.3 is 18.9 Å². The second-order valence-electron chi connectivity index (χ2n) is 7.99. The number of carbonyl (C=O) groups excluding carboxylic acids is 4. The summed E-state index contributed by atoms with van der Waals surface area (Å²) in [6.07, 6.45) is 0.0611. The van der Waals surface area contributed by atoms with Gasteiger partial charge in [-0.1, -0.05) is 12.7 Å². The van der Waals surface area contributed by atoms with E-state index in [9.17, 15) is 19.2 Å². The minimum atomic E-state index is -0.975. The van der Waals surface area contributed by atoms with Crippen molar-refractivity contribution in [2.75, 3.05) is 6.61 Å². The first kappa shape index (κ1) is 22.0. The highest BCUT2D eigenvalue weighted by atomic mass is 16.6. The van der Waals surface area contributed by atoms with Crippen LogP contribution in [0.4, 0.5) is 0 Å². The lowest BCUT2D eigenvalue weighted by Gasteiger charge is -2.25. The molecule has 30 heavy (non-hydrogen) atoms. The zero-order chi connectivity index (χ0) is 22.2. The Bertz CT molecular complexity index is 880. The molecule has 2 aliphatic heterocycles. The highest BCUT2D eigenvalue weighted by Crippen LogP contribution is 2.49. The fraction of sp³-hybridized carbons (Fsp3) is 0.545. The molecular formula is C22H26O8. The second-order valence-corrected chi connectivity index (χ2v) is 7.99. The standard InChI is InChI=1S/C22H26O8/c1-6-11(2)20(25)28-16-9-12(3)15(24)7-8-22(5)19(30-22)18-17(16)14(21(26)29-18)10-27-13(4)23/h6,16,18-19H,3,7-10H2,1-2,4-5H3/b11-6+/t16-,18-,19+,22+/m0/s1. The second kappa shape index (κ2) is 8.18. The highest BCUT2D eigenvalue weighted by molar-refractivity contribution is 5.96. The SMILES string of the molecule is C=C1C[C@H](OC(=O)/C(C)=C/C)C2=C(COC(C)=O)C(=O)O[C@@H]2[C@H]2O[C@]2(C)CCC1=O. The number of rotatable bonds is 4. The summed E-state index contributed by atoms with van der Waals surface area (Å²) in [5.74, 6) is -1.96. The predicted molar refractivity (Wildman–Crippen MR) is 104 cm³/mol. The molecule has 2 fully saturated rings. The maximum absolute atomic E-state index is 12.6. The minimum Gasteiger partial charge on any atom is -0.461 e. The van der Waals surface area contributed by atoms with Crippen LogP contribution >= 0.6 is 0 Å². The lowest BCUT2D eigenvalue weighted by molar-refractivity contribution is -0.144. The van der Waals surface area contributed by atoms with Gasteiger partial charge in [-0.25, -0.2) is 9.59 Å². The molecule has 4 atom stereocenters. The molecule has 0 aromatic rings. The van der Waals surface area contributed by atoms with E-state index in [2.05, 4.69) is 6.58 Å². The predicted octanol–water partition coefficient (Wildman–Crippen LogP) is 2.12. The Morgan fingerprint density at radius 2 is 2.00 bits per heavy atom. The number of ether oxygens (including phenoxy) is 4. The van der Waals surface area contributed by atoms with Crippen LogP contribution in [-0.2, 0) is 38.1 Å². The number of epoxide rings is 1. The third-order valence-electron chi connectivity index (χ3n) is 5.80. The van der Waals surface area contributed by atoms with Gasteiger partial charge in [0.1, 0.15) is 18.8 Å². The van der Waals surface area contributed by atoms with Crippen molar-refractivity contribution in [1.82, 2.24) is 0 Å². The lowest BCUT2D eigenvalue weighted by Crippen LogP contribution is -2.34. The summed E-state index contributed by atoms with van der Waals surface area (Å²) in [4.78, 5) is 49.0. The fourth-order valence-electron chi connectivity index (χ4n) is 3.73. The molecule has 2 heterocycles. The van der Waals surface area contributed by atoms with Gasteiger partial charge in [0.05, 0.1) is 11.2 Å². The van der Waals surface area contributed by atoms with Crippen molar-refractivity contribution in [3.63, 3.8) is 0 Å². The molecule has 1 aliphatic carbocycles. The van der Waals surface area contributed by atoms with E-state index in [1.54, 1.807) is 19.9 Å². The van der Waals surface area contributed by atoms with Crippen LogP contribution in [-0.4, -0.2) is 54.2 Å². The monoisotopic (exact) mass is 418 g/mol. The van der Waals surface area contributed by atoms with Gasteiger partial charge in [0, 0.05) is 30.9 Å². The Labute approximate surface area is 174 Å². The van der Waals surface area contributed by atoms with E-state index in [0.29, 0.717) is 17.6 Å². The van der Waals surface area contributed by atoms with Gasteiger partial charge in [-0.05, 0) is 32.8 Å². The van der Waals surface area contributed by atoms with Crippen molar-refractivity contribution in [1.29, 1.82) is 0 Å². The summed E-state index contributed by atoms with van der Waals surface area (Å²) in [5, 5.41) is 0. The number of ketones is 1. The zero-order valence-electron chi connectivity index (χ0n) is 17.6. The van der Waals surface area contributed by atoms with Crippen molar-refractivity contribution in [2.24, 2.45) is 0 Å². The Morgan fingerprint density at radius 3 is 2.63 bits per heavy atom. The van der Waals surface area contributed by atoms with Crippen LogP contribution in [0.15, 0.2) is 34.9 Å². The van der Waals surface area contributed by atoms with Crippen LogP contribution in [0.2, 0.25) is 0 Å². The average molecular weight is 418 g/mol. The van der Waals surface area contributed by atoms with E-state index in [1.165, 1.54) is 6.92 Å². The van der Waals surface area contributed by atoms with Crippen molar-refractivity contribution in [2.45, 2.75) is 70.9 Å². The van der Waals surface area contributed by atoms with Crippen LogP contribution in [0, 0.1) is 0 Å². The van der Waals surface area contributed by atoms with Crippen molar-refractivity contribution >= 4 is 23.7 Å². The molecule has 1 saturated carbocycles. The third-order valence-corrected chi connectivity index (χ3v) is 5.80. The van der Waals surface area contributed by atoms with E-state index in [0.717, 1.165) is 0 Å². The first-order chi connectivity index (χ1) is 14.1. The molecule has 1 saturated heterocycles. The summed E-state index contributed by atoms with van der Waals surface area (Å²) in [5.41, 5.74) is 0.480. The van der Waals surface area contributed by atoms with E-state index in [1.807, 2.05) is 6.92 Å². The topological polar surface area (TPSA) is 108 Å². The molecule has 0 aromatic carbocycles. The maximum Gasteiger partial charge on any atom is 0.338 e. The largest absolute Gasteiger partial charge is 0.461 e. The van der Waals surface area contributed by atoms with Gasteiger partial charge in [-0.15, -0.1) is 0 Å². The molecular weight excluding hydrogens is 392 g/mol. The molecule has 0 spiro atoms. The molecule has 3 rings (SSSR count). The number of Topliss-reactive ketones (excluding diaryl/α,β-unsaturated/α-hetero) is 1. The molecule has 0 bridgehead atoms. The minimum absolute atomic E-state index is 0.0110. The molecule has 162 valence electrons. The smallest absolute Gasteiger partial charge is 0.338 e. The number of hydrogen-bond donors (Lipinski definition) is 0. The molecule has 0 unspecified atom stereocenters. The van der Waals surface area contributed by atoms with Crippen LogP contribution in [0.5, 0.6) is 0 Å². The van der Waals surface area contributed by atoms with Crippen molar-refractivity contribution in [3.05, 3.63) is 34.9 Å². The third kappa shape index (κ3) is 4.23. The molecule has 8 heteroatoms. The van der Waals surface area contributed by atoms with E-state index >= 15 is 0 Å². The molecule has 0 aromatic heterocycles. The van der Waals surface area contributed by atoms with Crippen LogP contribution in [0.1, 0.15) is 47.0 Å². The van der Waals surface area contributed by atoms with Gasteiger partial charge in [-0.3, -0.25) is 9.59 Å². The summed E-state index contributed by atoms with van der Waals surface area (Å²) >= 11 is 0. The van der Waals surface area contributed by atoms with Crippen molar-refractivity contribution < 1.29 is 38.1 Å². The van der Waals surface area contributed by atoms with E-state index in [-0.39, 0.29) is 36.4 Å². The normalized spacial score (nSPS) is 31.5. The number of carbonyl (C=O) groups is 4. The maximum atomic E-state index is 12.6. The summed E-state index contributed by atoms with van der Waals surface area (Å²) < 4.78 is 22.1. The van der Waals surface area contributed by atoms with E-state index < -0.39 is 41.8 Å². The summed E-state index contributed by atoms with van der Waals surface area (Å²) in [6, 6.07) is 0. The molecule has 0 radical (unpaired) electrons. The summed E-state index contributed by atoms with van der Waals surface area (Å²) in [7, 11) is 0. The van der Waals surface area contributed by atoms with Crippen LogP contribution in [0.3, 0.4) is 0 Å². The first-order valence-electron chi connectivity index (χ1n) is 9.87. The average Bonchev–Trinajstić information content (AvgIpc) is 3.25. The Morgan fingerprint density at radius 1 is 1.30 bits per heavy atom.